The van der Waals surface area contributed by atoms with E-state index in [9.17, 15) is 27.1 Å². The van der Waals surface area contributed by atoms with Crippen molar-refractivity contribution in [1.29, 1.82) is 0 Å². The minimum Gasteiger partial charge on any atom is -0.492 e. The summed E-state index contributed by atoms with van der Waals surface area (Å²) in [5, 5.41) is 10.7. The van der Waals surface area contributed by atoms with Crippen LogP contribution in [-0.4, -0.2) is 48.4 Å². The van der Waals surface area contributed by atoms with E-state index in [4.69, 9.17) is 9.47 Å². The molecule has 2 aromatic heterocycles. The maximum atomic E-state index is 14.1. The van der Waals surface area contributed by atoms with Crippen molar-refractivity contribution in [2.75, 3.05) is 20.3 Å². The monoisotopic (exact) mass is 571 g/mol. The van der Waals surface area contributed by atoms with Crippen molar-refractivity contribution in [2.45, 2.75) is 36.3 Å². The van der Waals surface area contributed by atoms with Crippen LogP contribution in [0.15, 0.2) is 75.4 Å². The van der Waals surface area contributed by atoms with Gasteiger partial charge in [0.1, 0.15) is 24.1 Å². The summed E-state index contributed by atoms with van der Waals surface area (Å²) >= 11 is 0. The van der Waals surface area contributed by atoms with Crippen molar-refractivity contribution in [1.82, 2.24) is 14.5 Å². The Hall–Kier alpha value is -4.00. The molecule has 2 aromatic carbocycles. The molecule has 0 aliphatic heterocycles. The lowest BCUT2D eigenvalue weighted by Crippen LogP contribution is -2.35. The van der Waals surface area contributed by atoms with Crippen LogP contribution in [0.1, 0.15) is 30.0 Å². The van der Waals surface area contributed by atoms with Crippen molar-refractivity contribution in [3.63, 3.8) is 0 Å². The number of hydrogen-bond acceptors (Lipinski definition) is 8. The average Bonchev–Trinajstić information content (AvgIpc) is 2.90. The number of benzene rings is 2. The summed E-state index contributed by atoms with van der Waals surface area (Å²) in [7, 11) is -3.29. The lowest BCUT2D eigenvalue weighted by atomic mass is 10.1. The van der Waals surface area contributed by atoms with Gasteiger partial charge < -0.3 is 14.6 Å². The summed E-state index contributed by atoms with van der Waals surface area (Å²) in [4.78, 5) is 20.8. The van der Waals surface area contributed by atoms with Gasteiger partial charge in [-0.1, -0.05) is 18.2 Å². The predicted molar refractivity (Wildman–Crippen MR) is 142 cm³/mol. The Balaban J connectivity index is 1.90. The number of nitrogens with zero attached hydrogens (tertiary/aromatic N) is 3. The summed E-state index contributed by atoms with van der Waals surface area (Å²) in [5.41, 5.74) is 1.08. The SMILES string of the molecule is CCOCc1nc(O)c(S(=O)(=O)c2ccc(-c3cccnc3C)cc2)c(=O)n1C(COC)c1cc(F)cc(F)c1. The van der Waals surface area contributed by atoms with E-state index < -0.39 is 43.8 Å². The van der Waals surface area contributed by atoms with Crippen molar-refractivity contribution in [3.8, 4) is 17.0 Å². The first kappa shape index (κ1) is 29.0. The topological polar surface area (TPSA) is 121 Å². The van der Waals surface area contributed by atoms with Crippen LogP contribution in [0.25, 0.3) is 11.1 Å². The molecule has 40 heavy (non-hydrogen) atoms. The van der Waals surface area contributed by atoms with Gasteiger partial charge in [0.05, 0.1) is 17.5 Å². The molecule has 0 fully saturated rings. The first-order valence-electron chi connectivity index (χ1n) is 12.2. The van der Waals surface area contributed by atoms with Gasteiger partial charge in [-0.3, -0.25) is 14.3 Å². The Bertz CT molecular complexity index is 1670. The van der Waals surface area contributed by atoms with E-state index in [1.54, 1.807) is 31.3 Å². The molecule has 1 atom stereocenters. The van der Waals surface area contributed by atoms with E-state index in [2.05, 4.69) is 9.97 Å². The molecular weight excluding hydrogens is 544 g/mol. The first-order valence-corrected chi connectivity index (χ1v) is 13.7. The maximum absolute atomic E-state index is 14.1. The maximum Gasteiger partial charge on any atom is 0.277 e. The molecule has 0 aliphatic rings. The molecule has 0 saturated carbocycles. The number of aryl methyl sites for hydroxylation is 1. The molecule has 4 rings (SSSR count). The molecule has 2 heterocycles. The number of rotatable bonds is 10. The number of ether oxygens (including phenoxy) is 2. The number of pyridine rings is 1. The molecule has 9 nitrogen and oxygen atoms in total. The number of sulfone groups is 1. The van der Waals surface area contributed by atoms with Crippen LogP contribution in [0.3, 0.4) is 0 Å². The minimum absolute atomic E-state index is 0.00812. The Labute approximate surface area is 229 Å². The normalized spacial score (nSPS) is 12.4. The van der Waals surface area contributed by atoms with Gasteiger partial charge in [0.25, 0.3) is 5.56 Å². The lowest BCUT2D eigenvalue weighted by molar-refractivity contribution is 0.116. The Morgan fingerprint density at radius 3 is 2.35 bits per heavy atom. The zero-order chi connectivity index (χ0) is 29.0. The molecule has 210 valence electrons. The van der Waals surface area contributed by atoms with Gasteiger partial charge in [0.15, 0.2) is 4.90 Å². The number of methoxy groups -OCH3 is 1. The number of aromatic nitrogens is 3. The molecule has 1 unspecified atom stereocenters. The molecule has 4 aromatic rings. The number of hydrogen-bond donors (Lipinski definition) is 1. The Morgan fingerprint density at radius 2 is 1.75 bits per heavy atom. The number of aromatic hydroxyl groups is 1. The summed E-state index contributed by atoms with van der Waals surface area (Å²) < 4.78 is 67.2. The van der Waals surface area contributed by atoms with Crippen LogP contribution in [0.2, 0.25) is 0 Å². The number of halogens is 2. The van der Waals surface area contributed by atoms with E-state index in [-0.39, 0.29) is 36.1 Å². The standard InChI is InChI=1S/C28H27F2N3O6S/c1-4-39-16-25-32-27(34)26(28(35)33(25)24(15-38-3)19-12-20(29)14-21(30)13-19)40(36,37)22-9-7-18(8-10-22)23-6-5-11-31-17(23)2/h5-14,24,34H,4,15-16H2,1-3H3. The fourth-order valence-corrected chi connectivity index (χ4v) is 5.71. The van der Waals surface area contributed by atoms with E-state index in [1.807, 2.05) is 13.0 Å². The lowest BCUT2D eigenvalue weighted by Gasteiger charge is -2.24. The molecule has 12 heteroatoms. The van der Waals surface area contributed by atoms with Gasteiger partial charge in [-0.15, -0.1) is 0 Å². The second kappa shape index (κ2) is 12.0. The van der Waals surface area contributed by atoms with Gasteiger partial charge in [0, 0.05) is 37.2 Å². The highest BCUT2D eigenvalue weighted by Gasteiger charge is 2.32. The Kier molecular flexibility index (Phi) is 8.72. The fraction of sp³-hybridized carbons (Fsp3) is 0.250. The second-order valence-electron chi connectivity index (χ2n) is 8.83. The minimum atomic E-state index is -4.61. The van der Waals surface area contributed by atoms with Crippen LogP contribution in [0.4, 0.5) is 8.78 Å². The van der Waals surface area contributed by atoms with Crippen molar-refractivity contribution in [3.05, 3.63) is 99.9 Å². The van der Waals surface area contributed by atoms with Crippen molar-refractivity contribution < 1.29 is 31.8 Å². The molecule has 0 bridgehead atoms. The second-order valence-corrected chi connectivity index (χ2v) is 10.7. The van der Waals surface area contributed by atoms with Gasteiger partial charge >= 0.3 is 0 Å². The molecule has 1 N–H and O–H groups in total. The zero-order valence-corrected chi connectivity index (χ0v) is 22.8. The third-order valence-electron chi connectivity index (χ3n) is 6.22. The third-order valence-corrected chi connectivity index (χ3v) is 8.01. The molecule has 0 spiro atoms. The smallest absolute Gasteiger partial charge is 0.277 e. The molecule has 0 radical (unpaired) electrons. The van der Waals surface area contributed by atoms with Gasteiger partial charge in [0.2, 0.25) is 15.7 Å². The van der Waals surface area contributed by atoms with Gasteiger partial charge in [-0.2, -0.15) is 4.98 Å². The molecule has 0 aliphatic carbocycles. The van der Waals surface area contributed by atoms with Crippen LogP contribution < -0.4 is 5.56 Å². The van der Waals surface area contributed by atoms with Crippen LogP contribution in [0, 0.1) is 18.6 Å². The third kappa shape index (κ3) is 5.79. The van der Waals surface area contributed by atoms with Gasteiger partial charge in [-0.25, -0.2) is 17.2 Å². The van der Waals surface area contributed by atoms with Crippen LogP contribution >= 0.6 is 0 Å². The summed E-state index contributed by atoms with van der Waals surface area (Å²) in [6, 6.07) is 10.8. The quantitative estimate of drug-likeness (QED) is 0.301. The van der Waals surface area contributed by atoms with E-state index >= 15 is 0 Å². The van der Waals surface area contributed by atoms with E-state index in [1.165, 1.54) is 19.2 Å². The summed E-state index contributed by atoms with van der Waals surface area (Å²) in [6.07, 6.45) is 1.64. The molecule has 0 amide bonds. The van der Waals surface area contributed by atoms with E-state index in [0.29, 0.717) is 11.6 Å². The van der Waals surface area contributed by atoms with Gasteiger partial charge in [-0.05, 0) is 55.3 Å². The molecular formula is C28H27F2N3O6S. The summed E-state index contributed by atoms with van der Waals surface area (Å²) in [5.74, 6) is -2.99. The van der Waals surface area contributed by atoms with Crippen molar-refractivity contribution in [2.24, 2.45) is 0 Å². The summed E-state index contributed by atoms with van der Waals surface area (Å²) in [6.45, 7) is 3.15. The fourth-order valence-electron chi connectivity index (χ4n) is 4.37. The molecule has 0 saturated heterocycles. The predicted octanol–water partition coefficient (Wildman–Crippen LogP) is 4.20. The van der Waals surface area contributed by atoms with Crippen molar-refractivity contribution >= 4 is 9.84 Å². The highest BCUT2D eigenvalue weighted by atomic mass is 32.2. The van der Waals surface area contributed by atoms with Crippen LogP contribution in [-0.2, 0) is 25.9 Å². The van der Waals surface area contributed by atoms with E-state index in [0.717, 1.165) is 28.0 Å². The van der Waals surface area contributed by atoms with Crippen LogP contribution in [0.5, 0.6) is 5.88 Å². The highest BCUT2D eigenvalue weighted by Crippen LogP contribution is 2.30. The highest BCUT2D eigenvalue weighted by molar-refractivity contribution is 7.91. The average molecular weight is 572 g/mol. The largest absolute Gasteiger partial charge is 0.492 e. The Morgan fingerprint density at radius 1 is 1.07 bits per heavy atom. The zero-order valence-electron chi connectivity index (χ0n) is 22.0. The first-order chi connectivity index (χ1) is 19.1.